The van der Waals surface area contributed by atoms with Gasteiger partial charge in [0.25, 0.3) is 0 Å². The maximum absolute atomic E-state index is 8.68. The van der Waals surface area contributed by atoms with Crippen molar-refractivity contribution in [3.8, 4) is 6.07 Å². The van der Waals surface area contributed by atoms with E-state index in [4.69, 9.17) is 5.26 Å². The summed E-state index contributed by atoms with van der Waals surface area (Å²) in [6, 6.07) is 7.94. The fourth-order valence-corrected chi connectivity index (χ4v) is 1.59. The Morgan fingerprint density at radius 1 is 1.45 bits per heavy atom. The minimum Gasteiger partial charge on any atom is -0.192 e. The fraction of sp³-hybridized carbons (Fsp3) is 0.222. The third-order valence-electron chi connectivity index (χ3n) is 1.62. The molecule has 0 fully saturated rings. The van der Waals surface area contributed by atoms with Crippen LogP contribution in [0.25, 0.3) is 0 Å². The zero-order valence-electron chi connectivity index (χ0n) is 6.59. The van der Waals surface area contributed by atoms with Crippen molar-refractivity contribution in [1.29, 1.82) is 5.26 Å². The summed E-state index contributed by atoms with van der Waals surface area (Å²) < 4.78 is 0. The first-order valence-corrected chi connectivity index (χ1v) is 4.55. The molecule has 0 unspecified atom stereocenters. The van der Waals surface area contributed by atoms with Crippen molar-refractivity contribution in [3.63, 3.8) is 0 Å². The van der Waals surface area contributed by atoms with Gasteiger partial charge in [-0.2, -0.15) is 5.26 Å². The molecule has 1 nitrogen and oxygen atoms in total. The molecule has 0 aliphatic rings. The Kier molecular flexibility index (Phi) is 2.56. The second-order valence-electron chi connectivity index (χ2n) is 2.24. The van der Waals surface area contributed by atoms with E-state index in [1.807, 2.05) is 31.4 Å². The standard InChI is InChI=1S/C9H9NS/c1-7-8(6-10)4-3-5-9(7)11-2/h3-5H,1-2H3. The number of thioether (sulfide) groups is 1. The minimum atomic E-state index is 0.775. The van der Waals surface area contributed by atoms with E-state index in [2.05, 4.69) is 6.07 Å². The summed E-state index contributed by atoms with van der Waals surface area (Å²) in [5.74, 6) is 0. The van der Waals surface area contributed by atoms with E-state index in [1.165, 1.54) is 4.90 Å². The lowest BCUT2D eigenvalue weighted by molar-refractivity contribution is 1.27. The first-order valence-electron chi connectivity index (χ1n) is 3.33. The van der Waals surface area contributed by atoms with Crippen LogP contribution >= 0.6 is 11.8 Å². The predicted molar refractivity (Wildman–Crippen MR) is 47.7 cm³/mol. The number of hydrogen-bond donors (Lipinski definition) is 0. The molecule has 56 valence electrons. The van der Waals surface area contributed by atoms with Crippen LogP contribution in [0.3, 0.4) is 0 Å². The number of nitriles is 1. The molecule has 1 aromatic carbocycles. The molecule has 1 rings (SSSR count). The maximum atomic E-state index is 8.68. The molecule has 1 aromatic rings. The van der Waals surface area contributed by atoms with Crippen LogP contribution in [0.4, 0.5) is 0 Å². The van der Waals surface area contributed by atoms with Crippen molar-refractivity contribution in [2.75, 3.05) is 6.26 Å². The van der Waals surface area contributed by atoms with Crippen LogP contribution in [0.15, 0.2) is 23.1 Å². The molecule has 0 atom stereocenters. The Morgan fingerprint density at radius 2 is 2.18 bits per heavy atom. The van der Waals surface area contributed by atoms with Gasteiger partial charge in [0.1, 0.15) is 0 Å². The van der Waals surface area contributed by atoms with Gasteiger partial charge in [-0.1, -0.05) is 6.07 Å². The van der Waals surface area contributed by atoms with Gasteiger partial charge in [0.15, 0.2) is 0 Å². The van der Waals surface area contributed by atoms with E-state index < -0.39 is 0 Å². The molecule has 0 radical (unpaired) electrons. The summed E-state index contributed by atoms with van der Waals surface area (Å²) in [4.78, 5) is 1.18. The van der Waals surface area contributed by atoms with Gasteiger partial charge < -0.3 is 0 Å². The lowest BCUT2D eigenvalue weighted by Crippen LogP contribution is -1.83. The van der Waals surface area contributed by atoms with Crippen molar-refractivity contribution in [3.05, 3.63) is 29.3 Å². The highest BCUT2D eigenvalue weighted by Crippen LogP contribution is 2.21. The molecule has 0 aromatic heterocycles. The smallest absolute Gasteiger partial charge is 0.0994 e. The number of rotatable bonds is 1. The summed E-state index contributed by atoms with van der Waals surface area (Å²) in [7, 11) is 0. The van der Waals surface area contributed by atoms with Crippen LogP contribution in [0.2, 0.25) is 0 Å². The Bertz CT molecular complexity index is 299. The number of hydrogen-bond acceptors (Lipinski definition) is 2. The zero-order chi connectivity index (χ0) is 8.27. The molecule has 0 aliphatic carbocycles. The summed E-state index contributed by atoms with van der Waals surface area (Å²) in [5, 5.41) is 8.68. The molecule has 0 bridgehead atoms. The lowest BCUT2D eigenvalue weighted by Gasteiger charge is -2.01. The van der Waals surface area contributed by atoms with E-state index in [9.17, 15) is 0 Å². The SMILES string of the molecule is CSc1cccc(C#N)c1C. The molecule has 0 aliphatic heterocycles. The normalized spacial score (nSPS) is 9.18. The summed E-state index contributed by atoms with van der Waals surface area (Å²) >= 11 is 1.67. The van der Waals surface area contributed by atoms with Crippen LogP contribution in [0.5, 0.6) is 0 Å². The summed E-state index contributed by atoms with van der Waals surface area (Å²) in [6.45, 7) is 1.98. The first-order chi connectivity index (χ1) is 5.29. The molecule has 0 heterocycles. The monoisotopic (exact) mass is 163 g/mol. The van der Waals surface area contributed by atoms with Crippen molar-refractivity contribution in [2.45, 2.75) is 11.8 Å². The van der Waals surface area contributed by atoms with E-state index in [-0.39, 0.29) is 0 Å². The zero-order valence-corrected chi connectivity index (χ0v) is 7.40. The molecule has 2 heteroatoms. The predicted octanol–water partition coefficient (Wildman–Crippen LogP) is 2.59. The molecule has 0 saturated carbocycles. The van der Waals surface area contributed by atoms with E-state index in [1.54, 1.807) is 11.8 Å². The lowest BCUT2D eigenvalue weighted by atomic mass is 10.1. The Morgan fingerprint density at radius 3 is 2.73 bits per heavy atom. The van der Waals surface area contributed by atoms with E-state index in [0.717, 1.165) is 11.1 Å². The maximum Gasteiger partial charge on any atom is 0.0994 e. The van der Waals surface area contributed by atoms with Crippen molar-refractivity contribution in [1.82, 2.24) is 0 Å². The average molecular weight is 163 g/mol. The van der Waals surface area contributed by atoms with Crippen LogP contribution in [-0.4, -0.2) is 6.26 Å². The fourth-order valence-electron chi connectivity index (χ4n) is 0.957. The third-order valence-corrected chi connectivity index (χ3v) is 2.51. The molecule has 0 amide bonds. The quantitative estimate of drug-likeness (QED) is 0.594. The van der Waals surface area contributed by atoms with Gasteiger partial charge in [-0.15, -0.1) is 11.8 Å². The van der Waals surface area contributed by atoms with Crippen LogP contribution < -0.4 is 0 Å². The van der Waals surface area contributed by atoms with Gasteiger partial charge in [-0.05, 0) is 30.9 Å². The van der Waals surface area contributed by atoms with Gasteiger partial charge >= 0.3 is 0 Å². The van der Waals surface area contributed by atoms with Crippen molar-refractivity contribution >= 4 is 11.8 Å². The topological polar surface area (TPSA) is 23.8 Å². The molecule has 0 N–H and O–H groups in total. The first kappa shape index (κ1) is 8.16. The van der Waals surface area contributed by atoms with Crippen molar-refractivity contribution in [2.24, 2.45) is 0 Å². The highest BCUT2D eigenvalue weighted by molar-refractivity contribution is 7.98. The van der Waals surface area contributed by atoms with Gasteiger partial charge in [-0.3, -0.25) is 0 Å². The summed E-state index contributed by atoms with van der Waals surface area (Å²) in [6.07, 6.45) is 2.02. The molecule has 0 spiro atoms. The van der Waals surface area contributed by atoms with E-state index >= 15 is 0 Å². The van der Waals surface area contributed by atoms with Crippen LogP contribution in [0.1, 0.15) is 11.1 Å². The van der Waals surface area contributed by atoms with Crippen molar-refractivity contribution < 1.29 is 0 Å². The van der Waals surface area contributed by atoms with Crippen LogP contribution in [-0.2, 0) is 0 Å². The van der Waals surface area contributed by atoms with Gasteiger partial charge in [0, 0.05) is 4.90 Å². The molecule has 11 heavy (non-hydrogen) atoms. The largest absolute Gasteiger partial charge is 0.192 e. The van der Waals surface area contributed by atoms with Crippen LogP contribution in [0, 0.1) is 18.3 Å². The number of nitrogens with zero attached hydrogens (tertiary/aromatic N) is 1. The minimum absolute atomic E-state index is 0.775. The molecular formula is C9H9NS. The molecule has 0 saturated heterocycles. The average Bonchev–Trinajstić information content (AvgIpc) is 2.05. The van der Waals surface area contributed by atoms with E-state index in [0.29, 0.717) is 0 Å². The Balaban J connectivity index is 3.23. The van der Waals surface area contributed by atoms with Gasteiger partial charge in [0.05, 0.1) is 11.6 Å². The van der Waals surface area contributed by atoms with Gasteiger partial charge in [-0.25, -0.2) is 0 Å². The third kappa shape index (κ3) is 1.55. The molecular weight excluding hydrogens is 154 g/mol. The second kappa shape index (κ2) is 3.45. The Hall–Kier alpha value is -0.940. The summed E-state index contributed by atoms with van der Waals surface area (Å²) in [5.41, 5.74) is 1.86. The second-order valence-corrected chi connectivity index (χ2v) is 3.09. The Labute approximate surface area is 71.0 Å². The highest BCUT2D eigenvalue weighted by Gasteiger charge is 2.00. The number of benzene rings is 1. The van der Waals surface area contributed by atoms with Gasteiger partial charge in [0.2, 0.25) is 0 Å². The highest BCUT2D eigenvalue weighted by atomic mass is 32.2.